The highest BCUT2D eigenvalue weighted by atomic mass is 35.5. The number of esters is 2. The van der Waals surface area contributed by atoms with Gasteiger partial charge in [-0.3, -0.25) is 14.4 Å². The molecule has 1 aliphatic carbocycles. The van der Waals surface area contributed by atoms with E-state index >= 15 is 0 Å². The zero-order valence-corrected chi connectivity index (χ0v) is 14.4. The van der Waals surface area contributed by atoms with Gasteiger partial charge in [-0.25, -0.2) is 0 Å². The van der Waals surface area contributed by atoms with Crippen LogP contribution in [-0.4, -0.2) is 42.6 Å². The second kappa shape index (κ2) is 6.91. The Hall–Kier alpha value is -1.92. The van der Waals surface area contributed by atoms with Gasteiger partial charge in [0.15, 0.2) is 5.78 Å². The highest BCUT2D eigenvalue weighted by Gasteiger charge is 2.56. The van der Waals surface area contributed by atoms with E-state index in [1.807, 2.05) is 0 Å². The Labute approximate surface area is 144 Å². The van der Waals surface area contributed by atoms with E-state index in [-0.39, 0.29) is 6.42 Å². The molecule has 1 N–H and O–H groups in total. The Morgan fingerprint density at radius 2 is 1.71 bits per heavy atom. The van der Waals surface area contributed by atoms with E-state index < -0.39 is 41.1 Å². The smallest absolute Gasteiger partial charge is 0.316 e. The lowest BCUT2D eigenvalue weighted by Gasteiger charge is -2.43. The molecule has 0 heterocycles. The second-order valence-corrected chi connectivity index (χ2v) is 6.52. The fourth-order valence-corrected chi connectivity index (χ4v) is 3.48. The molecule has 1 aliphatic rings. The van der Waals surface area contributed by atoms with Crippen molar-refractivity contribution >= 4 is 29.3 Å². The summed E-state index contributed by atoms with van der Waals surface area (Å²) in [6.07, 6.45) is -0.337. The molecule has 0 unspecified atom stereocenters. The quantitative estimate of drug-likeness (QED) is 0.656. The Morgan fingerprint density at radius 1 is 1.17 bits per heavy atom. The van der Waals surface area contributed by atoms with Crippen molar-refractivity contribution < 1.29 is 29.0 Å². The number of methoxy groups -OCH3 is 2. The van der Waals surface area contributed by atoms with E-state index in [0.717, 1.165) is 0 Å². The number of carbonyl (C=O) groups is 3. The fraction of sp³-hybridized carbons (Fsp3) is 0.471. The van der Waals surface area contributed by atoms with Gasteiger partial charge >= 0.3 is 11.9 Å². The maximum absolute atomic E-state index is 12.5. The van der Waals surface area contributed by atoms with Crippen molar-refractivity contribution in [3.63, 3.8) is 0 Å². The van der Waals surface area contributed by atoms with Crippen LogP contribution in [0.4, 0.5) is 0 Å². The molecule has 1 aromatic carbocycles. The van der Waals surface area contributed by atoms with Gasteiger partial charge in [-0.15, -0.1) is 0 Å². The summed E-state index contributed by atoms with van der Waals surface area (Å²) in [5.74, 6) is -5.11. The van der Waals surface area contributed by atoms with Gasteiger partial charge in [0.05, 0.1) is 25.7 Å². The summed E-state index contributed by atoms with van der Waals surface area (Å²) >= 11 is 5.89. The molecule has 6 nitrogen and oxygen atoms in total. The average Bonchev–Trinajstić information content (AvgIpc) is 2.53. The van der Waals surface area contributed by atoms with Crippen LogP contribution in [0, 0.1) is 11.8 Å². The van der Waals surface area contributed by atoms with E-state index in [9.17, 15) is 19.5 Å². The third kappa shape index (κ3) is 3.30. The minimum absolute atomic E-state index is 0.337. The molecule has 1 aromatic rings. The van der Waals surface area contributed by atoms with Crippen molar-refractivity contribution in [1.29, 1.82) is 0 Å². The lowest BCUT2D eigenvalue weighted by atomic mass is 9.62. The summed E-state index contributed by atoms with van der Waals surface area (Å²) in [4.78, 5) is 37.0. The van der Waals surface area contributed by atoms with Crippen LogP contribution in [0.5, 0.6) is 0 Å². The molecule has 1 saturated carbocycles. The molecule has 0 aliphatic heterocycles. The molecule has 4 atom stereocenters. The van der Waals surface area contributed by atoms with Crippen LogP contribution in [0.2, 0.25) is 5.02 Å². The number of ether oxygens (including phenoxy) is 2. The molecule has 0 aromatic heterocycles. The monoisotopic (exact) mass is 354 g/mol. The molecule has 24 heavy (non-hydrogen) atoms. The summed E-state index contributed by atoms with van der Waals surface area (Å²) in [7, 11) is 2.37. The van der Waals surface area contributed by atoms with Gasteiger partial charge in [0.25, 0.3) is 0 Å². The molecule has 0 bridgehead atoms. The number of halogens is 1. The maximum Gasteiger partial charge on any atom is 0.316 e. The van der Waals surface area contributed by atoms with Gasteiger partial charge < -0.3 is 14.6 Å². The Kier molecular flexibility index (Phi) is 5.30. The zero-order valence-electron chi connectivity index (χ0n) is 13.6. The fourth-order valence-electron chi connectivity index (χ4n) is 3.35. The third-order valence-corrected chi connectivity index (χ3v) is 4.68. The van der Waals surface area contributed by atoms with Crippen LogP contribution >= 0.6 is 11.6 Å². The predicted octanol–water partition coefficient (Wildman–Crippen LogP) is 1.73. The predicted molar refractivity (Wildman–Crippen MR) is 85.5 cm³/mol. The summed E-state index contributed by atoms with van der Waals surface area (Å²) in [5, 5.41) is 11.1. The van der Waals surface area contributed by atoms with Crippen LogP contribution < -0.4 is 0 Å². The normalized spacial score (nSPS) is 29.9. The topological polar surface area (TPSA) is 89.9 Å². The van der Waals surface area contributed by atoms with Crippen molar-refractivity contribution in [2.24, 2.45) is 11.8 Å². The van der Waals surface area contributed by atoms with Crippen LogP contribution in [-0.2, 0) is 23.9 Å². The molecule has 2 rings (SSSR count). The lowest BCUT2D eigenvalue weighted by molar-refractivity contribution is -0.170. The molecule has 0 saturated heterocycles. The Balaban J connectivity index is 2.63. The summed E-state index contributed by atoms with van der Waals surface area (Å²) < 4.78 is 9.56. The first-order valence-corrected chi connectivity index (χ1v) is 7.77. The molecular formula is C17H19ClO6. The van der Waals surface area contributed by atoms with Crippen LogP contribution in [0.3, 0.4) is 0 Å². The standard InChI is InChI=1S/C17H19ClO6/c1-17(22)8-11(19)13(15(20)23-2)12(14(17)16(21)24-3)9-4-6-10(18)7-5-9/h4-7,12-14,22H,8H2,1-3H3/t12-,13-,14+,17+/m1/s1. The van der Waals surface area contributed by atoms with Crippen molar-refractivity contribution in [3.8, 4) is 0 Å². The van der Waals surface area contributed by atoms with E-state index in [4.69, 9.17) is 21.1 Å². The number of ketones is 1. The number of hydrogen-bond acceptors (Lipinski definition) is 6. The average molecular weight is 355 g/mol. The largest absolute Gasteiger partial charge is 0.469 e. The minimum Gasteiger partial charge on any atom is -0.469 e. The Morgan fingerprint density at radius 3 is 2.21 bits per heavy atom. The third-order valence-electron chi connectivity index (χ3n) is 4.43. The molecule has 0 radical (unpaired) electrons. The SMILES string of the molecule is COC(=O)[C@@H]1C(=O)C[C@](C)(O)[C@H](C(=O)OC)[C@@H]1c1ccc(Cl)cc1. The summed E-state index contributed by atoms with van der Waals surface area (Å²) in [6, 6.07) is 6.42. The van der Waals surface area contributed by atoms with E-state index in [0.29, 0.717) is 10.6 Å². The van der Waals surface area contributed by atoms with Gasteiger partial charge in [0, 0.05) is 17.4 Å². The highest BCUT2D eigenvalue weighted by Crippen LogP contribution is 2.46. The lowest BCUT2D eigenvalue weighted by Crippen LogP contribution is -2.55. The van der Waals surface area contributed by atoms with Gasteiger partial charge in [0.1, 0.15) is 5.92 Å². The van der Waals surface area contributed by atoms with Gasteiger partial charge in [-0.1, -0.05) is 23.7 Å². The van der Waals surface area contributed by atoms with Crippen molar-refractivity contribution in [3.05, 3.63) is 34.9 Å². The number of rotatable bonds is 3. The van der Waals surface area contributed by atoms with Gasteiger partial charge in [-0.2, -0.15) is 0 Å². The molecule has 130 valence electrons. The number of hydrogen-bond donors (Lipinski definition) is 1. The minimum atomic E-state index is -1.64. The van der Waals surface area contributed by atoms with E-state index in [1.54, 1.807) is 24.3 Å². The zero-order chi connectivity index (χ0) is 18.1. The molecule has 0 amide bonds. The molecule has 0 spiro atoms. The van der Waals surface area contributed by atoms with Crippen molar-refractivity contribution in [2.75, 3.05) is 14.2 Å². The van der Waals surface area contributed by atoms with Crippen LogP contribution in [0.25, 0.3) is 0 Å². The van der Waals surface area contributed by atoms with Crippen LogP contribution in [0.15, 0.2) is 24.3 Å². The summed E-state index contributed by atoms with van der Waals surface area (Å²) in [6.45, 7) is 1.39. The second-order valence-electron chi connectivity index (χ2n) is 6.08. The molecule has 1 fully saturated rings. The molecular weight excluding hydrogens is 336 g/mol. The van der Waals surface area contributed by atoms with Crippen molar-refractivity contribution in [1.82, 2.24) is 0 Å². The first kappa shape index (κ1) is 18.4. The number of Topliss-reactive ketones (excluding diaryl/α,β-unsaturated/α-hetero) is 1. The van der Waals surface area contributed by atoms with Crippen LogP contribution in [0.1, 0.15) is 24.8 Å². The van der Waals surface area contributed by atoms with Gasteiger partial charge in [0.2, 0.25) is 0 Å². The van der Waals surface area contributed by atoms with Crippen molar-refractivity contribution in [2.45, 2.75) is 24.9 Å². The molecule has 7 heteroatoms. The van der Waals surface area contributed by atoms with E-state index in [1.165, 1.54) is 21.1 Å². The van der Waals surface area contributed by atoms with Gasteiger partial charge in [-0.05, 0) is 24.6 Å². The number of aliphatic hydroxyl groups is 1. The number of carbonyl (C=O) groups excluding carboxylic acids is 3. The maximum atomic E-state index is 12.5. The summed E-state index contributed by atoms with van der Waals surface area (Å²) in [5.41, 5.74) is -1.11. The Bertz CT molecular complexity index is 652. The number of benzene rings is 1. The highest BCUT2D eigenvalue weighted by molar-refractivity contribution is 6.30. The first-order valence-electron chi connectivity index (χ1n) is 7.39. The first-order chi connectivity index (χ1) is 11.2. The van der Waals surface area contributed by atoms with E-state index in [2.05, 4.69) is 0 Å².